The van der Waals surface area contributed by atoms with E-state index in [1.165, 1.54) is 19.5 Å². The van der Waals surface area contributed by atoms with Crippen LogP contribution < -0.4 is 10.2 Å². The quantitative estimate of drug-likeness (QED) is 0.541. The summed E-state index contributed by atoms with van der Waals surface area (Å²) in [6.45, 7) is 7.50. The second kappa shape index (κ2) is 11.8. The summed E-state index contributed by atoms with van der Waals surface area (Å²) in [5.74, 6) is -2.63. The van der Waals surface area contributed by atoms with Gasteiger partial charge in [-0.25, -0.2) is 13.8 Å². The van der Waals surface area contributed by atoms with Gasteiger partial charge in [-0.15, -0.1) is 0 Å². The SMILES string of the molecule is CCN(CC)CCNC(=O)c1ccc(N2C=NC3=C(C2)C(=O)N(C)N([O-])C3Cc2ccc(F)c(F)c2)cc1. The Kier molecular flexibility index (Phi) is 8.50. The van der Waals surface area contributed by atoms with E-state index in [1.807, 2.05) is 0 Å². The van der Waals surface area contributed by atoms with Crippen molar-refractivity contribution in [3.63, 3.8) is 0 Å². The number of carbonyl (C=O) groups is 2. The van der Waals surface area contributed by atoms with E-state index in [4.69, 9.17) is 0 Å². The zero-order chi connectivity index (χ0) is 27.4. The van der Waals surface area contributed by atoms with Crippen molar-refractivity contribution in [1.82, 2.24) is 20.4 Å². The topological polar surface area (TPSA) is 94.5 Å². The number of halogens is 2. The van der Waals surface area contributed by atoms with E-state index in [0.29, 0.717) is 34.1 Å². The predicted octanol–water partition coefficient (Wildman–Crippen LogP) is 2.94. The smallest absolute Gasteiger partial charge is 0.266 e. The molecule has 0 aliphatic carbocycles. The number of hydrazine groups is 1. The van der Waals surface area contributed by atoms with Crippen LogP contribution in [0.5, 0.6) is 0 Å². The minimum atomic E-state index is -1.01. The number of likely N-dealkylation sites (N-methyl/N-ethyl adjacent to an activating group) is 2. The third-order valence-electron chi connectivity index (χ3n) is 6.89. The highest BCUT2D eigenvalue weighted by molar-refractivity contribution is 5.99. The van der Waals surface area contributed by atoms with E-state index >= 15 is 0 Å². The number of anilines is 1. The fourth-order valence-electron chi connectivity index (χ4n) is 4.56. The van der Waals surface area contributed by atoms with Gasteiger partial charge in [-0.3, -0.25) is 19.8 Å². The second-order valence-corrected chi connectivity index (χ2v) is 9.17. The molecule has 2 aromatic rings. The molecule has 2 amide bonds. The molecular formula is C27H31F2N6O3-. The summed E-state index contributed by atoms with van der Waals surface area (Å²) in [4.78, 5) is 33.9. The lowest BCUT2D eigenvalue weighted by Crippen LogP contribution is -2.54. The van der Waals surface area contributed by atoms with Crippen LogP contribution in [0.25, 0.3) is 0 Å². The highest BCUT2D eigenvalue weighted by atomic mass is 19.2. The monoisotopic (exact) mass is 525 g/mol. The summed E-state index contributed by atoms with van der Waals surface area (Å²) in [5, 5.41) is 17.2. The van der Waals surface area contributed by atoms with Gasteiger partial charge in [-0.1, -0.05) is 19.9 Å². The van der Waals surface area contributed by atoms with Crippen molar-refractivity contribution >= 4 is 23.8 Å². The highest BCUT2D eigenvalue weighted by Gasteiger charge is 2.36. The molecule has 0 fully saturated rings. The number of hydroxylamine groups is 1. The Morgan fingerprint density at radius 1 is 1.13 bits per heavy atom. The second-order valence-electron chi connectivity index (χ2n) is 9.17. The van der Waals surface area contributed by atoms with Crippen molar-refractivity contribution in [2.24, 2.45) is 4.99 Å². The Morgan fingerprint density at radius 3 is 2.50 bits per heavy atom. The van der Waals surface area contributed by atoms with E-state index in [0.717, 1.165) is 42.5 Å². The number of hydrogen-bond acceptors (Lipinski definition) is 7. The van der Waals surface area contributed by atoms with E-state index in [1.54, 1.807) is 29.2 Å². The standard InChI is InChI=1S/C27H31F2N6O3/c1-4-33(5-2)13-12-30-26(36)19-7-9-20(10-8-19)34-16-21-25(31-17-34)24(35(38)32(3)27(21)37)15-18-6-11-22(28)23(29)14-18/h6-11,14,17,24H,4-5,12-13,15-16H2,1-3H3,(H,30,36)/q-1. The number of benzene rings is 2. The molecule has 9 nitrogen and oxygen atoms in total. The van der Waals surface area contributed by atoms with Gasteiger partial charge >= 0.3 is 0 Å². The van der Waals surface area contributed by atoms with Gasteiger partial charge in [0, 0.05) is 31.4 Å². The number of aliphatic imine (C=N–C) groups is 1. The Labute approximate surface area is 220 Å². The molecule has 11 heteroatoms. The number of nitrogens with zero attached hydrogens (tertiary/aromatic N) is 5. The molecule has 2 heterocycles. The van der Waals surface area contributed by atoms with Crippen molar-refractivity contribution in [2.75, 3.05) is 44.7 Å². The first-order valence-corrected chi connectivity index (χ1v) is 12.6. The maximum atomic E-state index is 13.7. The third kappa shape index (κ3) is 5.74. The zero-order valence-corrected chi connectivity index (χ0v) is 21.7. The van der Waals surface area contributed by atoms with Crippen LogP contribution in [-0.2, 0) is 11.2 Å². The van der Waals surface area contributed by atoms with Crippen molar-refractivity contribution in [3.8, 4) is 0 Å². The third-order valence-corrected chi connectivity index (χ3v) is 6.89. The van der Waals surface area contributed by atoms with Crippen molar-refractivity contribution in [3.05, 3.63) is 81.7 Å². The van der Waals surface area contributed by atoms with Gasteiger partial charge in [0.15, 0.2) is 11.6 Å². The van der Waals surface area contributed by atoms with Crippen LogP contribution in [-0.4, -0.2) is 79.0 Å². The Bertz CT molecular complexity index is 1250. The number of nitrogens with one attached hydrogen (secondary N) is 1. The molecule has 0 spiro atoms. The normalized spacial score (nSPS) is 17.9. The summed E-state index contributed by atoms with van der Waals surface area (Å²) in [5.41, 5.74) is 2.29. The molecule has 4 rings (SSSR count). The summed E-state index contributed by atoms with van der Waals surface area (Å²) >= 11 is 0. The largest absolute Gasteiger partial charge is 0.767 e. The van der Waals surface area contributed by atoms with E-state index < -0.39 is 23.6 Å². The van der Waals surface area contributed by atoms with Crippen LogP contribution in [0.4, 0.5) is 14.5 Å². The first kappa shape index (κ1) is 27.4. The Hall–Kier alpha value is -3.67. The fourth-order valence-corrected chi connectivity index (χ4v) is 4.56. The number of carbonyl (C=O) groups excluding carboxylic acids is 2. The van der Waals surface area contributed by atoms with Crippen LogP contribution in [0.2, 0.25) is 0 Å². The van der Waals surface area contributed by atoms with Crippen LogP contribution in [0.3, 0.4) is 0 Å². The molecule has 0 saturated carbocycles. The number of hydrogen-bond donors (Lipinski definition) is 1. The Balaban J connectivity index is 1.47. The maximum Gasteiger partial charge on any atom is 0.266 e. The molecule has 202 valence electrons. The summed E-state index contributed by atoms with van der Waals surface area (Å²) < 4.78 is 27.1. The molecule has 38 heavy (non-hydrogen) atoms. The molecule has 1 unspecified atom stereocenters. The summed E-state index contributed by atoms with van der Waals surface area (Å²) in [7, 11) is 1.37. The van der Waals surface area contributed by atoms with Gasteiger partial charge in [-0.2, -0.15) is 0 Å². The molecule has 1 N–H and O–H groups in total. The van der Waals surface area contributed by atoms with Crippen molar-refractivity contribution in [1.29, 1.82) is 0 Å². The first-order chi connectivity index (χ1) is 18.2. The van der Waals surface area contributed by atoms with Crippen LogP contribution in [0, 0.1) is 16.8 Å². The van der Waals surface area contributed by atoms with Gasteiger partial charge in [0.05, 0.1) is 30.2 Å². The molecule has 2 aromatic carbocycles. The minimum Gasteiger partial charge on any atom is -0.767 e. The van der Waals surface area contributed by atoms with Gasteiger partial charge < -0.3 is 20.3 Å². The lowest BCUT2D eigenvalue weighted by molar-refractivity contribution is -0.141. The van der Waals surface area contributed by atoms with Crippen molar-refractivity contribution in [2.45, 2.75) is 26.3 Å². The molecule has 0 aromatic heterocycles. The lowest BCUT2D eigenvalue weighted by Gasteiger charge is -2.48. The summed E-state index contributed by atoms with van der Waals surface area (Å²) in [6.07, 6.45) is 1.58. The predicted molar refractivity (Wildman–Crippen MR) is 141 cm³/mol. The fraction of sp³-hybridized carbons (Fsp3) is 0.370. The van der Waals surface area contributed by atoms with Crippen LogP contribution in [0.15, 0.2) is 58.7 Å². The lowest BCUT2D eigenvalue weighted by atomic mass is 9.96. The van der Waals surface area contributed by atoms with Crippen LogP contribution >= 0.6 is 0 Å². The van der Waals surface area contributed by atoms with E-state index in [2.05, 4.69) is 29.1 Å². The van der Waals surface area contributed by atoms with Gasteiger partial charge in [0.25, 0.3) is 11.8 Å². The number of rotatable bonds is 9. The molecule has 2 aliphatic heterocycles. The van der Waals surface area contributed by atoms with Gasteiger partial charge in [0.1, 0.15) is 0 Å². The molecule has 1 atom stereocenters. The maximum absolute atomic E-state index is 13.7. The molecule has 0 radical (unpaired) electrons. The summed E-state index contributed by atoms with van der Waals surface area (Å²) in [6, 6.07) is 9.54. The van der Waals surface area contributed by atoms with Crippen LogP contribution in [0.1, 0.15) is 29.8 Å². The minimum absolute atomic E-state index is 0.0482. The van der Waals surface area contributed by atoms with Gasteiger partial charge in [0.2, 0.25) is 0 Å². The zero-order valence-electron chi connectivity index (χ0n) is 21.7. The average Bonchev–Trinajstić information content (AvgIpc) is 2.94. The molecular weight excluding hydrogens is 494 g/mol. The number of amides is 2. The van der Waals surface area contributed by atoms with E-state index in [-0.39, 0.29) is 18.9 Å². The van der Waals surface area contributed by atoms with E-state index in [9.17, 15) is 23.6 Å². The van der Waals surface area contributed by atoms with Gasteiger partial charge in [-0.05, 0) is 61.5 Å². The molecule has 2 aliphatic rings. The van der Waals surface area contributed by atoms with Crippen molar-refractivity contribution < 1.29 is 18.4 Å². The highest BCUT2D eigenvalue weighted by Crippen LogP contribution is 2.31. The Morgan fingerprint density at radius 2 is 1.84 bits per heavy atom. The average molecular weight is 526 g/mol. The molecule has 0 saturated heterocycles. The first-order valence-electron chi connectivity index (χ1n) is 12.6. The molecule has 0 bridgehead atoms.